The van der Waals surface area contributed by atoms with Gasteiger partial charge in [-0.25, -0.2) is 14.1 Å². The number of anilines is 1. The highest BCUT2D eigenvalue weighted by molar-refractivity contribution is 7.61. The fourth-order valence-electron chi connectivity index (χ4n) is 4.07. The molecule has 4 heterocycles. The van der Waals surface area contributed by atoms with Crippen LogP contribution in [0, 0.1) is 12.3 Å². The first kappa shape index (κ1) is 32.6. The van der Waals surface area contributed by atoms with Crippen molar-refractivity contribution in [2.45, 2.75) is 55.2 Å². The summed E-state index contributed by atoms with van der Waals surface area (Å²) in [6.07, 6.45) is -9.68. The summed E-state index contributed by atoms with van der Waals surface area (Å²) in [4.78, 5) is 42.0. The van der Waals surface area contributed by atoms with E-state index >= 15 is 0 Å². The zero-order valence-corrected chi connectivity index (χ0v) is 22.9. The summed E-state index contributed by atoms with van der Waals surface area (Å²) in [7, 11) is -11.1. The molecule has 0 saturated carbocycles. The van der Waals surface area contributed by atoms with Crippen LogP contribution in [0.4, 0.5) is 5.95 Å². The monoisotopic (exact) mass is 643 g/mol. The topological polar surface area (TPSA) is 321 Å². The van der Waals surface area contributed by atoms with E-state index in [1.54, 1.807) is 0 Å². The number of nitrogens with zero attached hydrogens (tertiary/aromatic N) is 3. The van der Waals surface area contributed by atoms with E-state index in [0.29, 0.717) is 0 Å². The molecule has 4 rings (SSSR count). The van der Waals surface area contributed by atoms with Crippen LogP contribution in [0.5, 0.6) is 0 Å². The number of phosphoric ester groups is 2. The Kier molecular flexibility index (Phi) is 9.86. The molecule has 0 amide bonds. The van der Waals surface area contributed by atoms with Gasteiger partial charge in [-0.05, 0) is 0 Å². The summed E-state index contributed by atoms with van der Waals surface area (Å²) in [5.41, 5.74) is 4.56. The molecule has 0 bridgehead atoms. The van der Waals surface area contributed by atoms with Crippen LogP contribution in [-0.4, -0.2) is 124 Å². The number of fused-ring (bicyclic) bond motifs is 1. The van der Waals surface area contributed by atoms with Crippen LogP contribution < -0.4 is 11.3 Å². The lowest BCUT2D eigenvalue weighted by molar-refractivity contribution is -0.282. The number of aliphatic hydroxyl groups is 5. The summed E-state index contributed by atoms with van der Waals surface area (Å²) in [5.74, 6) is 1.86. The Bertz CT molecular complexity index is 1460. The number of aromatic nitrogens is 4. The highest BCUT2D eigenvalue weighted by Crippen LogP contribution is 2.61. The number of hydrogen-bond acceptors (Lipinski definition) is 17. The lowest BCUT2D eigenvalue weighted by Crippen LogP contribution is -2.59. The maximum Gasteiger partial charge on any atom is 0.483 e. The standard InChI is InChI=1S/C19H27N5O16P2/c1-2-3-35-4-7-10(25)12(27)14(29)18(38-7)39-42(33,34)40-41(31,32)36-5-8-11(26)13(28)17(37-8)24-6-21-9-15(24)22-19(20)23-16(9)30/h1,6-8,10-14,17-18,25-29H,3-5H2,(H,31,32)(H,33,34)(H3,20,22,23,30)/t7-,8+,10+,11-,12+,13?,14-,17+,18?/m0/s1. The number of imidazole rings is 1. The van der Waals surface area contributed by atoms with Gasteiger partial charge in [0.1, 0.15) is 49.3 Å². The number of nitrogens with two attached hydrogens (primary N) is 1. The minimum atomic E-state index is -5.61. The summed E-state index contributed by atoms with van der Waals surface area (Å²) >= 11 is 0. The lowest BCUT2D eigenvalue weighted by atomic mass is 9.99. The number of H-pyrrole nitrogens is 1. The molecule has 11 atom stereocenters. The second-order valence-electron chi connectivity index (χ2n) is 8.98. The maximum absolute atomic E-state index is 12.4. The van der Waals surface area contributed by atoms with E-state index in [4.69, 9.17) is 26.4 Å². The lowest BCUT2D eigenvalue weighted by Gasteiger charge is -2.40. The van der Waals surface area contributed by atoms with Crippen molar-refractivity contribution in [3.63, 3.8) is 0 Å². The van der Waals surface area contributed by atoms with Gasteiger partial charge in [-0.2, -0.15) is 9.29 Å². The molecule has 234 valence electrons. The van der Waals surface area contributed by atoms with Crippen LogP contribution in [0.2, 0.25) is 0 Å². The van der Waals surface area contributed by atoms with Crippen molar-refractivity contribution in [3.8, 4) is 12.3 Å². The Morgan fingerprint density at radius 3 is 2.38 bits per heavy atom. The van der Waals surface area contributed by atoms with Crippen molar-refractivity contribution in [2.24, 2.45) is 0 Å². The third kappa shape index (κ3) is 7.06. The molecular weight excluding hydrogens is 616 g/mol. The van der Waals surface area contributed by atoms with Crippen molar-refractivity contribution in [1.29, 1.82) is 0 Å². The second kappa shape index (κ2) is 12.7. The van der Waals surface area contributed by atoms with Crippen molar-refractivity contribution >= 4 is 32.8 Å². The number of phosphoric acid groups is 2. The summed E-state index contributed by atoms with van der Waals surface area (Å²) < 4.78 is 54.9. The molecule has 23 heteroatoms. The number of aromatic amines is 1. The third-order valence-electron chi connectivity index (χ3n) is 6.04. The van der Waals surface area contributed by atoms with E-state index in [2.05, 4.69) is 34.2 Å². The van der Waals surface area contributed by atoms with E-state index in [1.807, 2.05) is 0 Å². The summed E-state index contributed by atoms with van der Waals surface area (Å²) in [5, 5.41) is 50.9. The number of aliphatic hydroxyl groups excluding tert-OH is 5. The molecule has 10 N–H and O–H groups in total. The predicted octanol–water partition coefficient (Wildman–Crippen LogP) is -3.97. The highest BCUT2D eigenvalue weighted by Gasteiger charge is 2.50. The molecule has 2 aliphatic heterocycles. The van der Waals surface area contributed by atoms with Gasteiger partial charge in [0.25, 0.3) is 5.56 Å². The van der Waals surface area contributed by atoms with Crippen molar-refractivity contribution < 1.29 is 72.0 Å². The number of rotatable bonds is 11. The first-order valence-electron chi connectivity index (χ1n) is 11.8. The minimum absolute atomic E-state index is 0.113. The molecule has 2 fully saturated rings. The highest BCUT2D eigenvalue weighted by atomic mass is 31.3. The first-order chi connectivity index (χ1) is 19.6. The van der Waals surface area contributed by atoms with Crippen molar-refractivity contribution in [2.75, 3.05) is 25.6 Å². The predicted molar refractivity (Wildman–Crippen MR) is 133 cm³/mol. The Morgan fingerprint density at radius 2 is 1.69 bits per heavy atom. The molecule has 0 aromatic carbocycles. The van der Waals surface area contributed by atoms with Gasteiger partial charge < -0.3 is 55.3 Å². The van der Waals surface area contributed by atoms with Gasteiger partial charge in [0.05, 0.1) is 19.5 Å². The van der Waals surface area contributed by atoms with Gasteiger partial charge >= 0.3 is 15.6 Å². The van der Waals surface area contributed by atoms with E-state index in [1.165, 1.54) is 0 Å². The SMILES string of the molecule is C#CCOC[C@@H]1OC(OP(=O)(O)OP(=O)(O)OC[C@H]2O[C@@H](n3cnc4c(=O)[nH]c(N)nc43)C(O)[C@H]2O)[C@@H](O)[C@H](O)[C@@H]1O. The molecule has 21 nitrogen and oxygen atoms in total. The fourth-order valence-corrected chi connectivity index (χ4v) is 6.23. The van der Waals surface area contributed by atoms with E-state index < -0.39 is 89.7 Å². The smallest absolute Gasteiger partial charge is 0.387 e. The van der Waals surface area contributed by atoms with Gasteiger partial charge in [-0.1, -0.05) is 5.92 Å². The van der Waals surface area contributed by atoms with Crippen LogP contribution in [0.1, 0.15) is 6.23 Å². The zero-order chi connectivity index (χ0) is 31.0. The molecule has 0 aliphatic carbocycles. The van der Waals surface area contributed by atoms with Crippen LogP contribution in [0.3, 0.4) is 0 Å². The average molecular weight is 643 g/mol. The Hall–Kier alpha value is -2.35. The van der Waals surface area contributed by atoms with Gasteiger partial charge in [-0.15, -0.1) is 6.42 Å². The number of nitrogens with one attached hydrogen (secondary N) is 1. The average Bonchev–Trinajstić information content (AvgIpc) is 3.44. The largest absolute Gasteiger partial charge is 0.483 e. The number of hydrogen-bond donors (Lipinski definition) is 9. The van der Waals surface area contributed by atoms with Crippen molar-refractivity contribution in [3.05, 3.63) is 16.7 Å². The Labute approximate surface area is 234 Å². The molecule has 2 aliphatic rings. The van der Waals surface area contributed by atoms with Gasteiger partial charge in [0, 0.05) is 0 Å². The molecule has 2 aromatic heterocycles. The van der Waals surface area contributed by atoms with Gasteiger partial charge in [-0.3, -0.25) is 23.4 Å². The van der Waals surface area contributed by atoms with Gasteiger partial charge in [0.15, 0.2) is 23.7 Å². The molecule has 2 aromatic rings. The normalized spacial score (nSPS) is 34.6. The van der Waals surface area contributed by atoms with Crippen LogP contribution in [0.15, 0.2) is 11.1 Å². The molecule has 0 spiro atoms. The van der Waals surface area contributed by atoms with Crippen LogP contribution >= 0.6 is 15.6 Å². The van der Waals surface area contributed by atoms with E-state index in [-0.39, 0.29) is 23.7 Å². The molecule has 0 radical (unpaired) electrons. The van der Waals surface area contributed by atoms with Crippen LogP contribution in [-0.2, 0) is 36.7 Å². The quantitative estimate of drug-likeness (QED) is 0.0640. The minimum Gasteiger partial charge on any atom is -0.387 e. The van der Waals surface area contributed by atoms with E-state index in [0.717, 1.165) is 10.9 Å². The van der Waals surface area contributed by atoms with Crippen LogP contribution in [0.25, 0.3) is 11.2 Å². The van der Waals surface area contributed by atoms with Gasteiger partial charge in [0.2, 0.25) is 5.95 Å². The van der Waals surface area contributed by atoms with Crippen molar-refractivity contribution in [1.82, 2.24) is 19.5 Å². The number of nitrogen functional groups attached to an aromatic ring is 1. The number of ether oxygens (including phenoxy) is 3. The number of terminal acetylenes is 1. The third-order valence-corrected chi connectivity index (χ3v) is 8.64. The fraction of sp³-hybridized carbons (Fsp3) is 0.632. The maximum atomic E-state index is 12.4. The zero-order valence-electron chi connectivity index (χ0n) is 21.1. The summed E-state index contributed by atoms with van der Waals surface area (Å²) in [6.45, 7) is -1.64. The molecule has 4 unspecified atom stereocenters. The van der Waals surface area contributed by atoms with E-state index in [9.17, 15) is 49.2 Å². The first-order valence-corrected chi connectivity index (χ1v) is 14.8. The molecular formula is C19H27N5O16P2. The summed E-state index contributed by atoms with van der Waals surface area (Å²) in [6, 6.07) is 0. The molecule has 2 saturated heterocycles. The second-order valence-corrected chi connectivity index (χ2v) is 12.0. The molecule has 42 heavy (non-hydrogen) atoms. The Morgan fingerprint density at radius 1 is 1.02 bits per heavy atom. The Balaban J connectivity index is 1.38.